The van der Waals surface area contributed by atoms with E-state index in [0.29, 0.717) is 5.56 Å². The molecule has 0 aromatic heterocycles. The normalized spacial score (nSPS) is 13.1. The fourth-order valence-corrected chi connectivity index (χ4v) is 4.41. The summed E-state index contributed by atoms with van der Waals surface area (Å²) in [5.41, 5.74) is 6.55. The van der Waals surface area contributed by atoms with E-state index in [1.54, 1.807) is 32.0 Å². The van der Waals surface area contributed by atoms with Gasteiger partial charge in [-0.25, -0.2) is 4.39 Å². The Bertz CT molecular complexity index is 1320. The molecule has 8 nitrogen and oxygen atoms in total. The summed E-state index contributed by atoms with van der Waals surface area (Å²) in [5, 5.41) is 7.74. The molecule has 2 atom stereocenters. The number of fused-ring (bicyclic) bond motifs is 1. The van der Waals surface area contributed by atoms with E-state index in [2.05, 4.69) is 10.6 Å². The molecule has 4 N–H and O–H groups in total. The lowest BCUT2D eigenvalue weighted by atomic mass is 9.99. The predicted molar refractivity (Wildman–Crippen MR) is 154 cm³/mol. The Hall–Kier alpha value is -3.66. The van der Waals surface area contributed by atoms with Gasteiger partial charge in [-0.05, 0) is 48.2 Å². The molecule has 2 unspecified atom stereocenters. The van der Waals surface area contributed by atoms with Gasteiger partial charge in [0.15, 0.2) is 5.78 Å². The number of benzene rings is 3. The fourth-order valence-electron chi connectivity index (χ4n) is 4.41. The van der Waals surface area contributed by atoms with Gasteiger partial charge in [0.1, 0.15) is 18.5 Å². The quantitative estimate of drug-likeness (QED) is 0.284. The Morgan fingerprint density at radius 2 is 1.68 bits per heavy atom. The van der Waals surface area contributed by atoms with E-state index in [4.69, 9.17) is 10.5 Å². The molecule has 0 heterocycles. The number of ether oxygens (including phenoxy) is 1. The van der Waals surface area contributed by atoms with Crippen LogP contribution >= 0.6 is 0 Å². The van der Waals surface area contributed by atoms with Crippen LogP contribution in [0.3, 0.4) is 0 Å². The van der Waals surface area contributed by atoms with Gasteiger partial charge in [0, 0.05) is 26.1 Å². The zero-order valence-electron chi connectivity index (χ0n) is 23.6. The number of Topliss-reactive ketones (excluding diaryl/α,β-unsaturated/α-hetero) is 1. The third-order valence-electron chi connectivity index (χ3n) is 6.57. The van der Waals surface area contributed by atoms with E-state index >= 15 is 0 Å². The summed E-state index contributed by atoms with van der Waals surface area (Å²) >= 11 is 0. The second-order valence-corrected chi connectivity index (χ2v) is 10.7. The van der Waals surface area contributed by atoms with E-state index in [0.717, 1.165) is 16.3 Å². The van der Waals surface area contributed by atoms with Crippen molar-refractivity contribution in [2.75, 3.05) is 33.9 Å². The number of hydrogen-bond acceptors (Lipinski definition) is 6. The molecular formula is C31H39FN4O4. The first-order valence-corrected chi connectivity index (χ1v) is 13.3. The van der Waals surface area contributed by atoms with Gasteiger partial charge in [0.05, 0.1) is 19.2 Å². The predicted octanol–water partition coefficient (Wildman–Crippen LogP) is 2.62. The highest BCUT2D eigenvalue weighted by Gasteiger charge is 2.32. The van der Waals surface area contributed by atoms with Gasteiger partial charge in [-0.15, -0.1) is 0 Å². The van der Waals surface area contributed by atoms with Crippen LogP contribution in [0.15, 0.2) is 66.7 Å². The number of halogens is 1. The largest absolute Gasteiger partial charge is 0.372 e. The molecule has 9 heteroatoms. The van der Waals surface area contributed by atoms with Crippen LogP contribution in [0.4, 0.5) is 4.39 Å². The molecule has 0 spiro atoms. The molecule has 0 radical (unpaired) electrons. The van der Waals surface area contributed by atoms with Crippen LogP contribution in [0.5, 0.6) is 0 Å². The Morgan fingerprint density at radius 1 is 1.00 bits per heavy atom. The first-order valence-electron chi connectivity index (χ1n) is 13.3. The number of amides is 2. The van der Waals surface area contributed by atoms with Crippen molar-refractivity contribution in [2.24, 2.45) is 5.73 Å². The minimum absolute atomic E-state index is 0.00107. The van der Waals surface area contributed by atoms with Crippen molar-refractivity contribution >= 4 is 28.4 Å². The number of hydrogen-bond donors (Lipinski definition) is 3. The van der Waals surface area contributed by atoms with Crippen LogP contribution in [0.2, 0.25) is 0 Å². The van der Waals surface area contributed by atoms with E-state index < -0.39 is 35.3 Å². The third kappa shape index (κ3) is 8.94. The van der Waals surface area contributed by atoms with Crippen LogP contribution < -0.4 is 16.4 Å². The molecule has 0 saturated heterocycles. The summed E-state index contributed by atoms with van der Waals surface area (Å²) in [4.78, 5) is 40.6. The minimum Gasteiger partial charge on any atom is -0.372 e. The summed E-state index contributed by atoms with van der Waals surface area (Å²) < 4.78 is 19.9. The molecular weight excluding hydrogens is 511 g/mol. The number of nitrogens with zero attached hydrogens (tertiary/aromatic N) is 1. The van der Waals surface area contributed by atoms with Crippen LogP contribution in [0, 0.1) is 5.82 Å². The van der Waals surface area contributed by atoms with Gasteiger partial charge in [0.2, 0.25) is 11.8 Å². The highest BCUT2D eigenvalue weighted by atomic mass is 19.1. The Kier molecular flexibility index (Phi) is 10.9. The molecule has 3 aromatic rings. The number of nitrogens with one attached hydrogen (secondary N) is 2. The van der Waals surface area contributed by atoms with Gasteiger partial charge in [0.25, 0.3) is 0 Å². The monoisotopic (exact) mass is 550 g/mol. The SMILES string of the molecule is CNC(=O)C(Cc1ccccc1F)N(C)C(=O)C(Cc1ccc2ccccc2c1)NCC(=O)COCC(C)(C)N. The number of ketones is 1. The maximum absolute atomic E-state index is 14.4. The second kappa shape index (κ2) is 14.1. The lowest BCUT2D eigenvalue weighted by Gasteiger charge is -2.31. The first kappa shape index (κ1) is 30.9. The molecule has 0 aliphatic rings. The molecule has 3 rings (SSSR count). The molecule has 0 aliphatic heterocycles. The molecule has 214 valence electrons. The summed E-state index contributed by atoms with van der Waals surface area (Å²) in [6.45, 7) is 3.56. The highest BCUT2D eigenvalue weighted by molar-refractivity contribution is 5.91. The van der Waals surface area contributed by atoms with E-state index in [9.17, 15) is 18.8 Å². The van der Waals surface area contributed by atoms with Gasteiger partial charge >= 0.3 is 0 Å². The Morgan fingerprint density at radius 3 is 2.35 bits per heavy atom. The van der Waals surface area contributed by atoms with Gasteiger partial charge in [-0.1, -0.05) is 60.7 Å². The molecule has 0 fully saturated rings. The van der Waals surface area contributed by atoms with Crippen molar-refractivity contribution in [3.05, 3.63) is 83.7 Å². The summed E-state index contributed by atoms with van der Waals surface area (Å²) in [7, 11) is 2.99. The standard InChI is InChI=1S/C31H39FN4O4/c1-31(2,33)20-40-19-25(37)18-35-27(16-21-13-14-22-9-5-6-10-23(22)15-21)30(39)36(4)28(29(38)34-3)17-24-11-7-8-12-26(24)32/h5-15,27-28,35H,16-20,33H2,1-4H3,(H,34,38). The van der Waals surface area contributed by atoms with Gasteiger partial charge in [-0.2, -0.15) is 0 Å². The van der Waals surface area contributed by atoms with Crippen molar-refractivity contribution in [3.8, 4) is 0 Å². The molecule has 2 amide bonds. The van der Waals surface area contributed by atoms with E-state index in [1.165, 1.54) is 25.1 Å². The van der Waals surface area contributed by atoms with Crippen molar-refractivity contribution < 1.29 is 23.5 Å². The van der Waals surface area contributed by atoms with Crippen molar-refractivity contribution in [1.82, 2.24) is 15.5 Å². The Balaban J connectivity index is 1.82. The summed E-state index contributed by atoms with van der Waals surface area (Å²) in [5.74, 6) is -1.50. The second-order valence-electron chi connectivity index (χ2n) is 10.7. The average molecular weight is 551 g/mol. The lowest BCUT2D eigenvalue weighted by Crippen LogP contribution is -2.55. The van der Waals surface area contributed by atoms with Crippen molar-refractivity contribution in [3.63, 3.8) is 0 Å². The van der Waals surface area contributed by atoms with Crippen LogP contribution in [-0.4, -0.2) is 74.0 Å². The smallest absolute Gasteiger partial charge is 0.242 e. The molecule has 0 aliphatic carbocycles. The molecule has 40 heavy (non-hydrogen) atoms. The molecule has 3 aromatic carbocycles. The summed E-state index contributed by atoms with van der Waals surface area (Å²) in [6.07, 6.45) is 0.275. The fraction of sp³-hybridized carbons (Fsp3) is 0.387. The number of nitrogens with two attached hydrogens (primary N) is 1. The van der Waals surface area contributed by atoms with Gasteiger partial charge in [-0.3, -0.25) is 19.7 Å². The van der Waals surface area contributed by atoms with E-state index in [1.807, 2.05) is 42.5 Å². The molecule has 0 bridgehead atoms. The van der Waals surface area contributed by atoms with Crippen LogP contribution in [0.25, 0.3) is 10.8 Å². The molecule has 0 saturated carbocycles. The van der Waals surface area contributed by atoms with Crippen LogP contribution in [-0.2, 0) is 32.0 Å². The maximum Gasteiger partial charge on any atom is 0.242 e. The highest BCUT2D eigenvalue weighted by Crippen LogP contribution is 2.18. The lowest BCUT2D eigenvalue weighted by molar-refractivity contribution is -0.140. The minimum atomic E-state index is -0.957. The number of carbonyl (C=O) groups excluding carboxylic acids is 3. The average Bonchev–Trinajstić information content (AvgIpc) is 2.92. The van der Waals surface area contributed by atoms with Gasteiger partial charge < -0.3 is 20.7 Å². The van der Waals surface area contributed by atoms with Crippen LogP contribution in [0.1, 0.15) is 25.0 Å². The topological polar surface area (TPSA) is 114 Å². The van der Waals surface area contributed by atoms with Crippen molar-refractivity contribution in [2.45, 2.75) is 44.3 Å². The van der Waals surface area contributed by atoms with E-state index in [-0.39, 0.29) is 38.4 Å². The first-order chi connectivity index (χ1) is 19.0. The number of rotatable bonds is 14. The zero-order valence-corrected chi connectivity index (χ0v) is 23.6. The Labute approximate surface area is 235 Å². The summed E-state index contributed by atoms with van der Waals surface area (Å²) in [6, 6.07) is 18.2. The number of likely N-dealkylation sites (N-methyl/N-ethyl adjacent to an activating group) is 2. The number of carbonyl (C=O) groups is 3. The van der Waals surface area contributed by atoms with Crippen molar-refractivity contribution in [1.29, 1.82) is 0 Å². The zero-order chi connectivity index (χ0) is 29.3. The third-order valence-corrected chi connectivity index (χ3v) is 6.57. The maximum atomic E-state index is 14.4.